The van der Waals surface area contributed by atoms with E-state index < -0.39 is 5.60 Å². The lowest BCUT2D eigenvalue weighted by molar-refractivity contribution is -0.148. The molecule has 1 nitrogen and oxygen atoms in total. The molecule has 110 valence electrons. The van der Waals surface area contributed by atoms with Gasteiger partial charge < -0.3 is 5.11 Å². The van der Waals surface area contributed by atoms with Crippen LogP contribution < -0.4 is 0 Å². The van der Waals surface area contributed by atoms with Crippen LogP contribution in [0.15, 0.2) is 30.3 Å². The zero-order chi connectivity index (χ0) is 14.4. The fourth-order valence-corrected chi connectivity index (χ4v) is 5.16. The molecular formula is C19H28O. The molecule has 2 aliphatic rings. The molecule has 2 saturated carbocycles. The third kappa shape index (κ3) is 1.86. The summed E-state index contributed by atoms with van der Waals surface area (Å²) in [5.41, 5.74) is 1.15. The van der Waals surface area contributed by atoms with E-state index in [1.807, 2.05) is 0 Å². The third-order valence-corrected chi connectivity index (χ3v) is 6.67. The molecule has 1 N–H and O–H groups in total. The van der Waals surface area contributed by atoms with Crippen LogP contribution in [0.25, 0.3) is 0 Å². The Morgan fingerprint density at radius 2 is 1.85 bits per heavy atom. The lowest BCUT2D eigenvalue weighted by Crippen LogP contribution is -2.54. The zero-order valence-electron chi connectivity index (χ0n) is 13.2. The van der Waals surface area contributed by atoms with Crippen molar-refractivity contribution in [2.75, 3.05) is 0 Å². The van der Waals surface area contributed by atoms with Gasteiger partial charge >= 0.3 is 0 Å². The fraction of sp³-hybridized carbons (Fsp3) is 0.684. The first kappa shape index (κ1) is 14.1. The van der Waals surface area contributed by atoms with Crippen molar-refractivity contribution in [2.24, 2.45) is 16.7 Å². The smallest absolute Gasteiger partial charge is 0.0754 e. The number of aliphatic hydroxyl groups is 1. The number of aryl methyl sites for hydroxylation is 1. The van der Waals surface area contributed by atoms with Crippen molar-refractivity contribution in [2.45, 2.75) is 64.9 Å². The highest BCUT2D eigenvalue weighted by molar-refractivity contribution is 5.19. The van der Waals surface area contributed by atoms with Crippen molar-refractivity contribution in [3.63, 3.8) is 0 Å². The van der Waals surface area contributed by atoms with Gasteiger partial charge in [-0.2, -0.15) is 0 Å². The van der Waals surface area contributed by atoms with Crippen LogP contribution in [0.3, 0.4) is 0 Å². The van der Waals surface area contributed by atoms with Crippen LogP contribution in [0.5, 0.6) is 0 Å². The normalized spacial score (nSPS) is 38.3. The monoisotopic (exact) mass is 272 g/mol. The molecule has 2 bridgehead atoms. The van der Waals surface area contributed by atoms with Gasteiger partial charge in [-0.1, -0.05) is 51.1 Å². The molecule has 0 amide bonds. The van der Waals surface area contributed by atoms with E-state index in [0.717, 1.165) is 19.3 Å². The van der Waals surface area contributed by atoms with Crippen LogP contribution in [0.4, 0.5) is 0 Å². The second-order valence-corrected chi connectivity index (χ2v) is 7.92. The first-order chi connectivity index (χ1) is 9.39. The minimum absolute atomic E-state index is 0.0800. The van der Waals surface area contributed by atoms with Gasteiger partial charge in [-0.15, -0.1) is 0 Å². The topological polar surface area (TPSA) is 20.2 Å². The maximum Gasteiger partial charge on any atom is 0.0754 e. The van der Waals surface area contributed by atoms with E-state index in [2.05, 4.69) is 51.1 Å². The minimum atomic E-state index is -0.475. The molecule has 3 atom stereocenters. The molecule has 20 heavy (non-hydrogen) atoms. The maximum atomic E-state index is 11.4. The van der Waals surface area contributed by atoms with E-state index >= 15 is 0 Å². The lowest BCUT2D eigenvalue weighted by atomic mass is 9.58. The van der Waals surface area contributed by atoms with E-state index in [0.29, 0.717) is 5.92 Å². The van der Waals surface area contributed by atoms with Gasteiger partial charge in [-0.05, 0) is 60.8 Å². The molecule has 0 radical (unpaired) electrons. The molecule has 1 aromatic carbocycles. The van der Waals surface area contributed by atoms with Crippen molar-refractivity contribution < 1.29 is 5.11 Å². The standard InChI is InChI=1S/C19H28O/c1-17(2)16-11-13-18(3,14-16)19(17,20)12-7-10-15-8-5-4-6-9-15/h4-6,8-9,16,20H,7,10-14H2,1-3H3. The van der Waals surface area contributed by atoms with Crippen molar-refractivity contribution >= 4 is 0 Å². The van der Waals surface area contributed by atoms with E-state index in [1.54, 1.807) is 0 Å². The van der Waals surface area contributed by atoms with Gasteiger partial charge in [-0.3, -0.25) is 0 Å². The van der Waals surface area contributed by atoms with Gasteiger partial charge in [0, 0.05) is 0 Å². The number of hydrogen-bond acceptors (Lipinski definition) is 1. The van der Waals surface area contributed by atoms with Gasteiger partial charge in [-0.25, -0.2) is 0 Å². The summed E-state index contributed by atoms with van der Waals surface area (Å²) in [7, 11) is 0. The Bertz CT molecular complexity index is 471. The number of fused-ring (bicyclic) bond motifs is 2. The summed E-state index contributed by atoms with van der Waals surface area (Å²) in [4.78, 5) is 0. The van der Waals surface area contributed by atoms with Crippen LogP contribution >= 0.6 is 0 Å². The largest absolute Gasteiger partial charge is 0.389 e. The van der Waals surface area contributed by atoms with Crippen LogP contribution in [0, 0.1) is 16.7 Å². The summed E-state index contributed by atoms with van der Waals surface area (Å²) < 4.78 is 0. The van der Waals surface area contributed by atoms with Gasteiger partial charge in [0.1, 0.15) is 0 Å². The van der Waals surface area contributed by atoms with E-state index in [4.69, 9.17) is 0 Å². The van der Waals surface area contributed by atoms with Crippen LogP contribution in [0.1, 0.15) is 58.4 Å². The molecule has 3 unspecified atom stereocenters. The predicted octanol–water partition coefficient (Wildman–Crippen LogP) is 4.59. The van der Waals surface area contributed by atoms with Crippen LogP contribution in [-0.4, -0.2) is 10.7 Å². The molecule has 0 aliphatic heterocycles. The van der Waals surface area contributed by atoms with Crippen LogP contribution in [-0.2, 0) is 6.42 Å². The lowest BCUT2D eigenvalue weighted by Gasteiger charge is -2.51. The SMILES string of the molecule is CC12CCC(C1)C(C)(C)C2(O)CCCc1ccccc1. The maximum absolute atomic E-state index is 11.4. The molecule has 0 heterocycles. The Morgan fingerprint density at radius 1 is 1.15 bits per heavy atom. The second-order valence-electron chi connectivity index (χ2n) is 7.92. The first-order valence-corrected chi connectivity index (χ1v) is 8.15. The highest BCUT2D eigenvalue weighted by Gasteiger charge is 2.67. The Kier molecular flexibility index (Phi) is 3.25. The highest BCUT2D eigenvalue weighted by Crippen LogP contribution is 2.69. The predicted molar refractivity (Wildman–Crippen MR) is 83.6 cm³/mol. The second kappa shape index (κ2) is 4.59. The summed E-state index contributed by atoms with van der Waals surface area (Å²) in [6.45, 7) is 6.92. The summed E-state index contributed by atoms with van der Waals surface area (Å²) in [6.07, 6.45) is 6.86. The third-order valence-electron chi connectivity index (χ3n) is 6.67. The van der Waals surface area contributed by atoms with E-state index in [1.165, 1.54) is 24.8 Å². The first-order valence-electron chi connectivity index (χ1n) is 8.15. The average Bonchev–Trinajstić information content (AvgIpc) is 2.89. The number of rotatable bonds is 4. The van der Waals surface area contributed by atoms with Crippen molar-refractivity contribution in [1.82, 2.24) is 0 Å². The average molecular weight is 272 g/mol. The zero-order valence-corrected chi connectivity index (χ0v) is 13.2. The Morgan fingerprint density at radius 3 is 2.45 bits per heavy atom. The van der Waals surface area contributed by atoms with Crippen molar-refractivity contribution in [3.05, 3.63) is 35.9 Å². The van der Waals surface area contributed by atoms with Gasteiger partial charge in [0.2, 0.25) is 0 Å². The summed E-state index contributed by atoms with van der Waals surface area (Å²) in [5, 5.41) is 11.4. The van der Waals surface area contributed by atoms with E-state index in [9.17, 15) is 5.11 Å². The minimum Gasteiger partial charge on any atom is -0.389 e. The molecule has 1 heteroatoms. The Balaban J connectivity index is 1.70. The summed E-state index contributed by atoms with van der Waals surface area (Å²) >= 11 is 0. The molecule has 0 saturated heterocycles. The molecule has 0 spiro atoms. The molecular weight excluding hydrogens is 244 g/mol. The Labute approximate surface area is 123 Å². The number of hydrogen-bond donors (Lipinski definition) is 1. The molecule has 3 rings (SSSR count). The highest BCUT2D eigenvalue weighted by atomic mass is 16.3. The van der Waals surface area contributed by atoms with E-state index in [-0.39, 0.29) is 10.8 Å². The van der Waals surface area contributed by atoms with Gasteiger partial charge in [0.05, 0.1) is 5.60 Å². The fourth-order valence-electron chi connectivity index (χ4n) is 5.16. The molecule has 1 aromatic rings. The van der Waals surface area contributed by atoms with Crippen LogP contribution in [0.2, 0.25) is 0 Å². The quantitative estimate of drug-likeness (QED) is 0.850. The molecule has 0 aromatic heterocycles. The summed E-state index contributed by atoms with van der Waals surface area (Å²) in [6, 6.07) is 10.7. The Hall–Kier alpha value is -0.820. The van der Waals surface area contributed by atoms with Gasteiger partial charge in [0.15, 0.2) is 0 Å². The molecule has 2 aliphatic carbocycles. The summed E-state index contributed by atoms with van der Waals surface area (Å²) in [5.74, 6) is 0.717. The number of benzene rings is 1. The van der Waals surface area contributed by atoms with Crippen molar-refractivity contribution in [1.29, 1.82) is 0 Å². The van der Waals surface area contributed by atoms with Crippen molar-refractivity contribution in [3.8, 4) is 0 Å². The molecule has 2 fully saturated rings. The van der Waals surface area contributed by atoms with Gasteiger partial charge in [0.25, 0.3) is 0 Å².